The largest absolute Gasteiger partial charge is 0.459 e. The van der Waals surface area contributed by atoms with E-state index < -0.39 is 0 Å². The van der Waals surface area contributed by atoms with Crippen molar-refractivity contribution in [3.8, 4) is 0 Å². The van der Waals surface area contributed by atoms with Gasteiger partial charge in [0.1, 0.15) is 0 Å². The van der Waals surface area contributed by atoms with Gasteiger partial charge in [-0.15, -0.1) is 0 Å². The highest BCUT2D eigenvalue weighted by Crippen LogP contribution is 2.17. The van der Waals surface area contributed by atoms with E-state index in [1.807, 2.05) is 6.92 Å². The molecule has 21 heavy (non-hydrogen) atoms. The molecule has 6 nitrogen and oxygen atoms in total. The van der Waals surface area contributed by atoms with Gasteiger partial charge in [0.2, 0.25) is 5.95 Å². The van der Waals surface area contributed by atoms with Crippen LogP contribution in [0.2, 0.25) is 0 Å². The van der Waals surface area contributed by atoms with E-state index in [0.29, 0.717) is 23.9 Å². The molecule has 2 aromatic rings. The van der Waals surface area contributed by atoms with Crippen molar-refractivity contribution in [1.29, 1.82) is 0 Å². The Morgan fingerprint density at radius 2 is 1.81 bits per heavy atom. The maximum absolute atomic E-state index is 12.3. The van der Waals surface area contributed by atoms with Gasteiger partial charge < -0.3 is 14.2 Å². The van der Waals surface area contributed by atoms with Crippen molar-refractivity contribution in [2.24, 2.45) is 0 Å². The van der Waals surface area contributed by atoms with Crippen molar-refractivity contribution in [2.75, 3.05) is 29.4 Å². The number of amides is 1. The third-order valence-electron chi connectivity index (χ3n) is 3.28. The number of nitrogens with zero attached hydrogens (tertiary/aromatic N) is 4. The Balaban J connectivity index is 2.21. The molecule has 2 aromatic heterocycles. The number of hydrogen-bond acceptors (Lipinski definition) is 5. The van der Waals surface area contributed by atoms with Crippen LogP contribution in [0.4, 0.5) is 11.6 Å². The summed E-state index contributed by atoms with van der Waals surface area (Å²) in [5, 5.41) is 0. The molecule has 0 saturated carbocycles. The van der Waals surface area contributed by atoms with E-state index in [2.05, 4.69) is 28.7 Å². The van der Waals surface area contributed by atoms with Crippen LogP contribution in [-0.2, 0) is 0 Å². The van der Waals surface area contributed by atoms with Gasteiger partial charge in [-0.25, -0.2) is 9.97 Å². The Labute approximate surface area is 124 Å². The lowest BCUT2D eigenvalue weighted by Gasteiger charge is -2.21. The summed E-state index contributed by atoms with van der Waals surface area (Å²) in [5.41, 5.74) is 0.662. The molecule has 0 spiro atoms. The van der Waals surface area contributed by atoms with Gasteiger partial charge in [0.05, 0.1) is 24.3 Å². The SMILES string of the molecule is CCN(CC)c1ncc(N(CC)C(=O)c2ccco2)cn1. The minimum Gasteiger partial charge on any atom is -0.459 e. The van der Waals surface area contributed by atoms with Crippen molar-refractivity contribution in [1.82, 2.24) is 9.97 Å². The van der Waals surface area contributed by atoms with Crippen LogP contribution in [0, 0.1) is 0 Å². The fraction of sp³-hybridized carbons (Fsp3) is 0.400. The summed E-state index contributed by atoms with van der Waals surface area (Å²) in [4.78, 5) is 24.7. The normalized spacial score (nSPS) is 10.4. The summed E-state index contributed by atoms with van der Waals surface area (Å²) in [6.07, 6.45) is 4.83. The molecular weight excluding hydrogens is 268 g/mol. The van der Waals surface area contributed by atoms with Crippen LogP contribution < -0.4 is 9.80 Å². The fourth-order valence-corrected chi connectivity index (χ4v) is 2.10. The predicted octanol–water partition coefficient (Wildman–Crippen LogP) is 2.58. The zero-order valence-electron chi connectivity index (χ0n) is 12.6. The first-order valence-electron chi connectivity index (χ1n) is 7.13. The minimum atomic E-state index is -0.193. The van der Waals surface area contributed by atoms with Crippen LogP contribution in [0.5, 0.6) is 0 Å². The van der Waals surface area contributed by atoms with Crippen LogP contribution in [0.3, 0.4) is 0 Å². The van der Waals surface area contributed by atoms with Crippen molar-refractivity contribution in [3.05, 3.63) is 36.5 Å². The molecule has 0 aliphatic heterocycles. The molecule has 0 atom stereocenters. The standard InChI is InChI=1S/C15H20N4O2/c1-4-18(5-2)15-16-10-12(11-17-15)19(6-3)14(20)13-8-7-9-21-13/h7-11H,4-6H2,1-3H3. The van der Waals surface area contributed by atoms with Crippen LogP contribution >= 0.6 is 0 Å². The molecule has 0 aliphatic rings. The molecule has 0 saturated heterocycles. The van der Waals surface area contributed by atoms with E-state index in [1.165, 1.54) is 6.26 Å². The van der Waals surface area contributed by atoms with Gasteiger partial charge in [0.15, 0.2) is 5.76 Å². The predicted molar refractivity (Wildman–Crippen MR) is 81.7 cm³/mol. The number of carbonyl (C=O) groups is 1. The van der Waals surface area contributed by atoms with E-state index in [1.54, 1.807) is 29.4 Å². The van der Waals surface area contributed by atoms with Crippen LogP contribution in [0.25, 0.3) is 0 Å². The lowest BCUT2D eigenvalue weighted by atomic mass is 10.3. The van der Waals surface area contributed by atoms with Gasteiger partial charge in [-0.2, -0.15) is 0 Å². The van der Waals surface area contributed by atoms with E-state index in [0.717, 1.165) is 13.1 Å². The van der Waals surface area contributed by atoms with E-state index in [4.69, 9.17) is 4.42 Å². The minimum absolute atomic E-state index is 0.193. The first-order chi connectivity index (χ1) is 10.2. The van der Waals surface area contributed by atoms with Crippen LogP contribution in [0.1, 0.15) is 31.3 Å². The molecule has 2 rings (SSSR count). The Morgan fingerprint density at radius 1 is 1.14 bits per heavy atom. The molecular formula is C15H20N4O2. The molecule has 112 valence electrons. The van der Waals surface area contributed by atoms with Gasteiger partial charge in [0.25, 0.3) is 5.91 Å². The highest BCUT2D eigenvalue weighted by Gasteiger charge is 2.19. The average Bonchev–Trinajstić information content (AvgIpc) is 3.05. The van der Waals surface area contributed by atoms with Crippen molar-refractivity contribution < 1.29 is 9.21 Å². The second-order valence-corrected chi connectivity index (χ2v) is 4.44. The monoisotopic (exact) mass is 288 g/mol. The highest BCUT2D eigenvalue weighted by atomic mass is 16.3. The fourth-order valence-electron chi connectivity index (χ4n) is 2.10. The molecule has 0 bridgehead atoms. The summed E-state index contributed by atoms with van der Waals surface area (Å²) in [7, 11) is 0. The Hall–Kier alpha value is -2.37. The van der Waals surface area contributed by atoms with Gasteiger partial charge in [-0.1, -0.05) is 0 Å². The summed E-state index contributed by atoms with van der Waals surface area (Å²) in [6, 6.07) is 3.34. The third kappa shape index (κ3) is 3.21. The molecule has 0 aromatic carbocycles. The molecule has 0 N–H and O–H groups in total. The molecule has 0 fully saturated rings. The van der Waals surface area contributed by atoms with Crippen molar-refractivity contribution >= 4 is 17.5 Å². The van der Waals surface area contributed by atoms with Crippen molar-refractivity contribution in [3.63, 3.8) is 0 Å². The number of hydrogen-bond donors (Lipinski definition) is 0. The summed E-state index contributed by atoms with van der Waals surface area (Å²) >= 11 is 0. The summed E-state index contributed by atoms with van der Waals surface area (Å²) < 4.78 is 5.16. The molecule has 0 aliphatic carbocycles. The third-order valence-corrected chi connectivity index (χ3v) is 3.28. The van der Waals surface area contributed by atoms with E-state index in [9.17, 15) is 4.79 Å². The zero-order valence-corrected chi connectivity index (χ0v) is 12.6. The second kappa shape index (κ2) is 6.88. The number of carbonyl (C=O) groups excluding carboxylic acids is 1. The quantitative estimate of drug-likeness (QED) is 0.817. The van der Waals surface area contributed by atoms with Gasteiger partial charge >= 0.3 is 0 Å². The Bertz CT molecular complexity index is 562. The van der Waals surface area contributed by atoms with E-state index in [-0.39, 0.29) is 5.91 Å². The number of furan rings is 1. The average molecular weight is 288 g/mol. The lowest BCUT2D eigenvalue weighted by Crippen LogP contribution is -2.31. The lowest BCUT2D eigenvalue weighted by molar-refractivity contribution is 0.0961. The number of anilines is 2. The molecule has 1 amide bonds. The van der Waals surface area contributed by atoms with Crippen molar-refractivity contribution in [2.45, 2.75) is 20.8 Å². The summed E-state index contributed by atoms with van der Waals surface area (Å²) in [6.45, 7) is 8.23. The number of aromatic nitrogens is 2. The maximum Gasteiger partial charge on any atom is 0.294 e. The molecule has 2 heterocycles. The van der Waals surface area contributed by atoms with Crippen LogP contribution in [0.15, 0.2) is 35.2 Å². The van der Waals surface area contributed by atoms with Crippen LogP contribution in [-0.4, -0.2) is 35.5 Å². The Morgan fingerprint density at radius 3 is 2.29 bits per heavy atom. The highest BCUT2D eigenvalue weighted by molar-refractivity contribution is 6.03. The molecule has 0 unspecified atom stereocenters. The van der Waals surface area contributed by atoms with Gasteiger partial charge in [0, 0.05) is 19.6 Å². The zero-order chi connectivity index (χ0) is 15.2. The second-order valence-electron chi connectivity index (χ2n) is 4.44. The number of rotatable bonds is 6. The first-order valence-corrected chi connectivity index (χ1v) is 7.13. The van der Waals surface area contributed by atoms with Gasteiger partial charge in [-0.3, -0.25) is 4.79 Å². The molecule has 0 radical (unpaired) electrons. The topological polar surface area (TPSA) is 62.5 Å². The maximum atomic E-state index is 12.3. The van der Waals surface area contributed by atoms with Gasteiger partial charge in [-0.05, 0) is 32.9 Å². The first kappa shape index (κ1) is 15.0. The smallest absolute Gasteiger partial charge is 0.294 e. The summed E-state index contributed by atoms with van der Waals surface area (Å²) in [5.74, 6) is 0.789. The van der Waals surface area contributed by atoms with E-state index >= 15 is 0 Å². The Kier molecular flexibility index (Phi) is 4.92. The molecule has 6 heteroatoms.